The number of halogens is 1. The molecule has 2 unspecified atom stereocenters. The minimum atomic E-state index is -1.76. The first-order chi connectivity index (χ1) is 6.91. The summed E-state index contributed by atoms with van der Waals surface area (Å²) in [5, 5.41) is 0. The third-order valence-corrected chi connectivity index (χ3v) is 3.20. The van der Waals surface area contributed by atoms with Gasteiger partial charge < -0.3 is 9.64 Å². The number of amides is 1. The first kappa shape index (κ1) is 10.6. The van der Waals surface area contributed by atoms with Crippen molar-refractivity contribution < 1.29 is 13.9 Å². The van der Waals surface area contributed by atoms with Gasteiger partial charge in [0.05, 0.1) is 12.6 Å². The Balaban J connectivity index is 2.27. The number of carbonyl (C=O) groups excluding carboxylic acids is 1. The molecular formula is C11H16FNO2. The first-order valence-corrected chi connectivity index (χ1v) is 5.18. The fraction of sp³-hybridized carbons (Fsp3) is 0.727. The summed E-state index contributed by atoms with van der Waals surface area (Å²) in [5.41, 5.74) is -2.43. The van der Waals surface area contributed by atoms with Gasteiger partial charge in [-0.3, -0.25) is 4.79 Å². The van der Waals surface area contributed by atoms with Gasteiger partial charge in [-0.1, -0.05) is 6.08 Å². The number of hydrogen-bond donors (Lipinski definition) is 0. The molecule has 0 aliphatic carbocycles. The quantitative estimate of drug-likeness (QED) is 0.652. The summed E-state index contributed by atoms with van der Waals surface area (Å²) in [5.74, 6) is -0.449. The van der Waals surface area contributed by atoms with Crippen LogP contribution < -0.4 is 0 Å². The van der Waals surface area contributed by atoms with E-state index >= 15 is 0 Å². The second kappa shape index (κ2) is 3.04. The van der Waals surface area contributed by atoms with Gasteiger partial charge in [0.2, 0.25) is 0 Å². The maximum atomic E-state index is 14.3. The van der Waals surface area contributed by atoms with Gasteiger partial charge in [-0.2, -0.15) is 0 Å². The molecule has 0 N–H and O–H groups in total. The number of allylic oxidation sites excluding steroid dienone is 1. The maximum absolute atomic E-state index is 14.3. The van der Waals surface area contributed by atoms with E-state index in [1.54, 1.807) is 13.8 Å². The van der Waals surface area contributed by atoms with Crippen LogP contribution in [-0.2, 0) is 9.53 Å². The van der Waals surface area contributed by atoms with Gasteiger partial charge in [-0.05, 0) is 13.8 Å². The minimum Gasteiger partial charge on any atom is -0.354 e. The molecule has 2 saturated heterocycles. The van der Waals surface area contributed by atoms with Gasteiger partial charge in [-0.15, -0.1) is 6.58 Å². The summed E-state index contributed by atoms with van der Waals surface area (Å²) in [7, 11) is 0. The normalized spacial score (nSPS) is 38.2. The molecule has 0 aromatic carbocycles. The van der Waals surface area contributed by atoms with Crippen LogP contribution in [0.5, 0.6) is 0 Å². The molecule has 0 aromatic rings. The molecule has 2 heterocycles. The zero-order chi connectivity index (χ0) is 11.3. The van der Waals surface area contributed by atoms with Crippen molar-refractivity contribution in [1.82, 2.24) is 4.90 Å². The second-order valence-corrected chi connectivity index (χ2v) is 4.75. The fourth-order valence-corrected chi connectivity index (χ4v) is 2.52. The van der Waals surface area contributed by atoms with Crippen LogP contribution in [0.25, 0.3) is 0 Å². The molecule has 0 bridgehead atoms. The molecule has 3 nitrogen and oxygen atoms in total. The average Bonchev–Trinajstić information content (AvgIpc) is 2.53. The molecule has 2 rings (SSSR count). The SMILES string of the molecule is C=CCC1(F)CC2COC(C)(C)N2C1=O. The topological polar surface area (TPSA) is 29.5 Å². The number of ether oxygens (including phenoxy) is 1. The van der Waals surface area contributed by atoms with Crippen molar-refractivity contribution in [3.63, 3.8) is 0 Å². The lowest BCUT2D eigenvalue weighted by molar-refractivity contribution is -0.151. The Hall–Kier alpha value is -0.900. The van der Waals surface area contributed by atoms with E-state index in [1.165, 1.54) is 11.0 Å². The highest BCUT2D eigenvalue weighted by Gasteiger charge is 2.59. The smallest absolute Gasteiger partial charge is 0.263 e. The monoisotopic (exact) mass is 213 g/mol. The highest BCUT2D eigenvalue weighted by molar-refractivity contribution is 5.88. The maximum Gasteiger partial charge on any atom is 0.263 e. The highest BCUT2D eigenvalue weighted by atomic mass is 19.1. The van der Waals surface area contributed by atoms with E-state index in [2.05, 4.69) is 6.58 Å². The van der Waals surface area contributed by atoms with E-state index in [0.717, 1.165) is 0 Å². The molecule has 84 valence electrons. The third kappa shape index (κ3) is 1.39. The Bertz CT molecular complexity index is 316. The lowest BCUT2D eigenvalue weighted by atomic mass is 9.98. The number of rotatable bonds is 2. The number of nitrogens with zero attached hydrogens (tertiary/aromatic N) is 1. The summed E-state index contributed by atoms with van der Waals surface area (Å²) in [6, 6.07) is -0.113. The lowest BCUT2D eigenvalue weighted by Gasteiger charge is -2.30. The minimum absolute atomic E-state index is 0.0922. The molecule has 2 atom stereocenters. The third-order valence-electron chi connectivity index (χ3n) is 3.20. The van der Waals surface area contributed by atoms with E-state index in [1.807, 2.05) is 0 Å². The van der Waals surface area contributed by atoms with Gasteiger partial charge in [0.25, 0.3) is 5.91 Å². The van der Waals surface area contributed by atoms with Crippen LogP contribution in [0, 0.1) is 0 Å². The van der Waals surface area contributed by atoms with E-state index in [-0.39, 0.29) is 18.9 Å². The Morgan fingerprint density at radius 1 is 1.73 bits per heavy atom. The molecule has 2 fully saturated rings. The van der Waals surface area contributed by atoms with Gasteiger partial charge in [0.1, 0.15) is 5.72 Å². The number of hydrogen-bond acceptors (Lipinski definition) is 2. The lowest BCUT2D eigenvalue weighted by Crippen LogP contribution is -2.47. The Labute approximate surface area is 88.9 Å². The number of carbonyl (C=O) groups is 1. The van der Waals surface area contributed by atoms with Gasteiger partial charge in [0.15, 0.2) is 5.67 Å². The predicted molar refractivity (Wildman–Crippen MR) is 53.9 cm³/mol. The summed E-state index contributed by atoms with van der Waals surface area (Å²) in [6.07, 6.45) is 1.78. The predicted octanol–water partition coefficient (Wildman–Crippen LogP) is 1.64. The summed E-state index contributed by atoms with van der Waals surface area (Å²) in [4.78, 5) is 13.5. The zero-order valence-electron chi connectivity index (χ0n) is 9.12. The number of fused-ring (bicyclic) bond motifs is 1. The first-order valence-electron chi connectivity index (χ1n) is 5.18. The van der Waals surface area contributed by atoms with E-state index < -0.39 is 17.3 Å². The highest BCUT2D eigenvalue weighted by Crippen LogP contribution is 2.43. The van der Waals surface area contributed by atoms with Crippen molar-refractivity contribution in [1.29, 1.82) is 0 Å². The van der Waals surface area contributed by atoms with Gasteiger partial charge in [-0.25, -0.2) is 4.39 Å². The largest absolute Gasteiger partial charge is 0.354 e. The van der Waals surface area contributed by atoms with Gasteiger partial charge >= 0.3 is 0 Å². The van der Waals surface area contributed by atoms with Crippen molar-refractivity contribution in [3.8, 4) is 0 Å². The van der Waals surface area contributed by atoms with Crippen LogP contribution >= 0.6 is 0 Å². The Morgan fingerprint density at radius 2 is 2.40 bits per heavy atom. The standard InChI is InChI=1S/C11H16FNO2/c1-4-5-11(12)6-8-7-15-10(2,3)13(8)9(11)14/h4,8H,1,5-7H2,2-3H3. The van der Waals surface area contributed by atoms with Crippen molar-refractivity contribution in [2.24, 2.45) is 0 Å². The van der Waals surface area contributed by atoms with Crippen LogP contribution in [-0.4, -0.2) is 34.8 Å². The fourth-order valence-electron chi connectivity index (χ4n) is 2.52. The second-order valence-electron chi connectivity index (χ2n) is 4.75. The Morgan fingerprint density at radius 3 is 2.93 bits per heavy atom. The van der Waals surface area contributed by atoms with Crippen LogP contribution in [0.15, 0.2) is 12.7 Å². The molecular weight excluding hydrogens is 197 g/mol. The van der Waals surface area contributed by atoms with Crippen molar-refractivity contribution in [2.45, 2.75) is 44.1 Å². The van der Waals surface area contributed by atoms with Crippen LogP contribution in [0.4, 0.5) is 4.39 Å². The van der Waals surface area contributed by atoms with Crippen molar-refractivity contribution in [2.75, 3.05) is 6.61 Å². The summed E-state index contributed by atoms with van der Waals surface area (Å²) >= 11 is 0. The van der Waals surface area contributed by atoms with E-state index in [9.17, 15) is 9.18 Å². The molecule has 0 aromatic heterocycles. The molecule has 0 spiro atoms. The summed E-state index contributed by atoms with van der Waals surface area (Å²) < 4.78 is 19.7. The average molecular weight is 213 g/mol. The molecule has 2 aliphatic heterocycles. The van der Waals surface area contributed by atoms with Crippen LogP contribution in [0.2, 0.25) is 0 Å². The van der Waals surface area contributed by atoms with Crippen molar-refractivity contribution in [3.05, 3.63) is 12.7 Å². The Kier molecular flexibility index (Phi) is 2.15. The molecule has 0 saturated carbocycles. The molecule has 0 radical (unpaired) electrons. The molecule has 2 aliphatic rings. The van der Waals surface area contributed by atoms with E-state index in [4.69, 9.17) is 4.74 Å². The summed E-state index contributed by atoms with van der Waals surface area (Å²) in [6.45, 7) is 7.52. The number of alkyl halides is 1. The van der Waals surface area contributed by atoms with Crippen LogP contribution in [0.1, 0.15) is 26.7 Å². The molecule has 1 amide bonds. The van der Waals surface area contributed by atoms with Gasteiger partial charge in [0, 0.05) is 12.8 Å². The molecule has 4 heteroatoms. The molecule has 15 heavy (non-hydrogen) atoms. The zero-order valence-corrected chi connectivity index (χ0v) is 9.12. The van der Waals surface area contributed by atoms with Crippen molar-refractivity contribution >= 4 is 5.91 Å². The van der Waals surface area contributed by atoms with E-state index in [0.29, 0.717) is 6.61 Å². The van der Waals surface area contributed by atoms with Crippen LogP contribution in [0.3, 0.4) is 0 Å².